The van der Waals surface area contributed by atoms with E-state index in [4.69, 9.17) is 4.74 Å². The summed E-state index contributed by atoms with van der Waals surface area (Å²) < 4.78 is 6.48. The highest BCUT2D eigenvalue weighted by Gasteiger charge is 2.14. The number of benzene rings is 2. The Labute approximate surface area is 159 Å². The third-order valence-electron chi connectivity index (χ3n) is 3.65. The molecule has 1 amide bonds. The van der Waals surface area contributed by atoms with Crippen molar-refractivity contribution in [2.45, 2.75) is 4.90 Å². The highest BCUT2D eigenvalue weighted by atomic mass is 32.2. The van der Waals surface area contributed by atoms with Crippen LogP contribution in [-0.2, 0) is 4.79 Å². The summed E-state index contributed by atoms with van der Waals surface area (Å²) >= 11 is 1.36. The Bertz CT molecular complexity index is 1060. The fourth-order valence-corrected chi connectivity index (χ4v) is 3.21. The van der Waals surface area contributed by atoms with Crippen molar-refractivity contribution in [1.82, 2.24) is 9.55 Å². The minimum atomic E-state index is -0.669. The van der Waals surface area contributed by atoms with Crippen LogP contribution in [0.5, 0.6) is 5.75 Å². The molecule has 1 heterocycles. The first-order chi connectivity index (χ1) is 13.1. The summed E-state index contributed by atoms with van der Waals surface area (Å²) in [5.41, 5.74) is -0.859. The second kappa shape index (κ2) is 8.41. The van der Waals surface area contributed by atoms with E-state index in [1.165, 1.54) is 29.5 Å². The number of amides is 1. The Morgan fingerprint density at radius 1 is 1.11 bits per heavy atom. The van der Waals surface area contributed by atoms with Gasteiger partial charge in [0.25, 0.3) is 5.56 Å². The van der Waals surface area contributed by atoms with Crippen molar-refractivity contribution < 1.29 is 9.53 Å². The van der Waals surface area contributed by atoms with Crippen LogP contribution < -0.4 is 21.3 Å². The Hall–Kier alpha value is -3.26. The molecule has 3 aromatic rings. The van der Waals surface area contributed by atoms with E-state index < -0.39 is 11.2 Å². The first-order valence-electron chi connectivity index (χ1n) is 8.06. The van der Waals surface area contributed by atoms with E-state index in [1.54, 1.807) is 24.3 Å². The summed E-state index contributed by atoms with van der Waals surface area (Å²) in [5, 5.41) is 2.64. The fraction of sp³-hybridized carbons (Fsp3) is 0.105. The maximum atomic E-state index is 12.4. The minimum absolute atomic E-state index is 0.0758. The van der Waals surface area contributed by atoms with Gasteiger partial charge in [0.2, 0.25) is 5.91 Å². The second-order valence-corrected chi connectivity index (χ2v) is 6.53. The second-order valence-electron chi connectivity index (χ2n) is 5.48. The molecular formula is C19H17N3O4S. The fourth-order valence-electron chi connectivity index (χ4n) is 2.49. The highest BCUT2D eigenvalue weighted by Crippen LogP contribution is 2.23. The van der Waals surface area contributed by atoms with Gasteiger partial charge in [0, 0.05) is 11.0 Å². The van der Waals surface area contributed by atoms with Crippen LogP contribution in [0.1, 0.15) is 0 Å². The molecule has 0 atom stereocenters. The average Bonchev–Trinajstić information content (AvgIpc) is 2.67. The predicted octanol–water partition coefficient (Wildman–Crippen LogP) is 2.27. The van der Waals surface area contributed by atoms with Gasteiger partial charge in [0.1, 0.15) is 11.6 Å². The van der Waals surface area contributed by atoms with E-state index in [0.29, 0.717) is 11.4 Å². The molecule has 3 rings (SSSR count). The number of aromatic nitrogens is 2. The number of carbonyl (C=O) groups excluding carboxylic acids is 1. The number of carbonyl (C=O) groups is 1. The van der Waals surface area contributed by atoms with Crippen molar-refractivity contribution in [2.24, 2.45) is 0 Å². The lowest BCUT2D eigenvalue weighted by Gasteiger charge is -2.15. The summed E-state index contributed by atoms with van der Waals surface area (Å²) in [4.78, 5) is 39.6. The van der Waals surface area contributed by atoms with Gasteiger partial charge in [-0.1, -0.05) is 30.3 Å². The third-order valence-corrected chi connectivity index (χ3v) is 4.66. The molecule has 0 saturated heterocycles. The Morgan fingerprint density at radius 2 is 1.81 bits per heavy atom. The van der Waals surface area contributed by atoms with Gasteiger partial charge in [-0.15, -0.1) is 11.8 Å². The lowest BCUT2D eigenvalue weighted by atomic mass is 10.3. The standard InChI is InChI=1S/C19H17N3O4S/c1-26-15-10-6-5-9-14(15)22-16(11-17(23)21-19(22)25)20-18(24)12-27-13-7-3-2-4-8-13/h2-11H,12H2,1H3,(H,20,24)(H,21,23,25). The lowest BCUT2D eigenvalue weighted by Crippen LogP contribution is -2.32. The number of hydrogen-bond acceptors (Lipinski definition) is 5. The molecule has 0 aliphatic heterocycles. The number of nitrogens with zero attached hydrogens (tertiary/aromatic N) is 1. The van der Waals surface area contributed by atoms with Crippen LogP contribution in [0, 0.1) is 0 Å². The molecule has 0 saturated carbocycles. The van der Waals surface area contributed by atoms with Crippen LogP contribution >= 0.6 is 11.8 Å². The van der Waals surface area contributed by atoms with E-state index in [9.17, 15) is 14.4 Å². The molecular weight excluding hydrogens is 366 g/mol. The summed E-state index contributed by atoms with van der Waals surface area (Å²) in [6.45, 7) is 0. The van der Waals surface area contributed by atoms with Crippen molar-refractivity contribution in [3.8, 4) is 11.4 Å². The van der Waals surface area contributed by atoms with Crippen molar-refractivity contribution in [3.05, 3.63) is 81.5 Å². The number of methoxy groups -OCH3 is 1. The zero-order valence-corrected chi connectivity index (χ0v) is 15.3. The lowest BCUT2D eigenvalue weighted by molar-refractivity contribution is -0.113. The number of anilines is 1. The van der Waals surface area contributed by atoms with Gasteiger partial charge in [0.05, 0.1) is 18.6 Å². The predicted molar refractivity (Wildman–Crippen MR) is 105 cm³/mol. The van der Waals surface area contributed by atoms with Crippen LogP contribution in [0.2, 0.25) is 0 Å². The highest BCUT2D eigenvalue weighted by molar-refractivity contribution is 8.00. The van der Waals surface area contributed by atoms with E-state index in [2.05, 4.69) is 10.3 Å². The number of ether oxygens (including phenoxy) is 1. The van der Waals surface area contributed by atoms with Crippen LogP contribution in [0.3, 0.4) is 0 Å². The first-order valence-corrected chi connectivity index (χ1v) is 9.04. The van der Waals surface area contributed by atoms with Gasteiger partial charge in [0.15, 0.2) is 0 Å². The van der Waals surface area contributed by atoms with Gasteiger partial charge < -0.3 is 10.1 Å². The summed E-state index contributed by atoms with van der Waals surface area (Å²) in [6.07, 6.45) is 0. The summed E-state index contributed by atoms with van der Waals surface area (Å²) in [6, 6.07) is 17.5. The van der Waals surface area contributed by atoms with Crippen LogP contribution in [0.15, 0.2) is 75.1 Å². The number of aromatic amines is 1. The number of para-hydroxylation sites is 2. The van der Waals surface area contributed by atoms with E-state index >= 15 is 0 Å². The first kappa shape index (κ1) is 18.5. The molecule has 0 bridgehead atoms. The molecule has 2 N–H and O–H groups in total. The average molecular weight is 383 g/mol. The minimum Gasteiger partial charge on any atom is -0.495 e. The Morgan fingerprint density at radius 3 is 2.56 bits per heavy atom. The maximum absolute atomic E-state index is 12.4. The van der Waals surface area contributed by atoms with Crippen molar-refractivity contribution in [3.63, 3.8) is 0 Å². The molecule has 138 valence electrons. The van der Waals surface area contributed by atoms with E-state index in [1.807, 2.05) is 30.3 Å². The third kappa shape index (κ3) is 4.48. The number of H-pyrrole nitrogens is 1. The monoisotopic (exact) mass is 383 g/mol. The Balaban J connectivity index is 1.90. The number of hydrogen-bond donors (Lipinski definition) is 2. The number of thioether (sulfide) groups is 1. The maximum Gasteiger partial charge on any atom is 0.334 e. The van der Waals surface area contributed by atoms with Crippen molar-refractivity contribution in [1.29, 1.82) is 0 Å². The van der Waals surface area contributed by atoms with Gasteiger partial charge in [-0.05, 0) is 24.3 Å². The van der Waals surface area contributed by atoms with E-state index in [-0.39, 0.29) is 17.5 Å². The van der Waals surface area contributed by atoms with Gasteiger partial charge in [-0.25, -0.2) is 9.36 Å². The molecule has 0 fully saturated rings. The molecule has 0 radical (unpaired) electrons. The van der Waals surface area contributed by atoms with Gasteiger partial charge >= 0.3 is 5.69 Å². The zero-order chi connectivity index (χ0) is 19.2. The molecule has 7 nitrogen and oxygen atoms in total. The zero-order valence-electron chi connectivity index (χ0n) is 14.5. The molecule has 1 aromatic heterocycles. The van der Waals surface area contributed by atoms with Gasteiger partial charge in [-0.2, -0.15) is 0 Å². The molecule has 0 aliphatic carbocycles. The molecule has 0 spiro atoms. The molecule has 27 heavy (non-hydrogen) atoms. The Kier molecular flexibility index (Phi) is 5.77. The van der Waals surface area contributed by atoms with Crippen LogP contribution in [0.4, 0.5) is 5.82 Å². The number of nitrogens with one attached hydrogen (secondary N) is 2. The quantitative estimate of drug-likeness (QED) is 0.637. The van der Waals surface area contributed by atoms with Gasteiger partial charge in [-0.3, -0.25) is 14.6 Å². The molecule has 0 unspecified atom stereocenters. The van der Waals surface area contributed by atoms with Crippen LogP contribution in [0.25, 0.3) is 5.69 Å². The number of rotatable bonds is 6. The molecule has 8 heteroatoms. The smallest absolute Gasteiger partial charge is 0.334 e. The molecule has 2 aromatic carbocycles. The largest absolute Gasteiger partial charge is 0.495 e. The normalized spacial score (nSPS) is 10.4. The summed E-state index contributed by atoms with van der Waals surface area (Å²) in [7, 11) is 1.48. The SMILES string of the molecule is COc1ccccc1-n1c(NC(=O)CSc2ccccc2)cc(=O)[nH]c1=O. The van der Waals surface area contributed by atoms with E-state index in [0.717, 1.165) is 4.90 Å². The summed E-state index contributed by atoms with van der Waals surface area (Å²) in [5.74, 6) is 0.307. The van der Waals surface area contributed by atoms with Crippen molar-refractivity contribution in [2.75, 3.05) is 18.2 Å². The molecule has 0 aliphatic rings. The topological polar surface area (TPSA) is 93.2 Å². The van der Waals surface area contributed by atoms with Crippen LogP contribution in [-0.4, -0.2) is 28.3 Å². The van der Waals surface area contributed by atoms with Crippen molar-refractivity contribution >= 4 is 23.5 Å².